The summed E-state index contributed by atoms with van der Waals surface area (Å²) in [7, 11) is 0. The molecule has 1 amide bonds. The fourth-order valence-corrected chi connectivity index (χ4v) is 2.56. The molecular formula is C15H24N2OS. The van der Waals surface area contributed by atoms with Gasteiger partial charge in [-0.3, -0.25) is 4.79 Å². The van der Waals surface area contributed by atoms with Crippen LogP contribution in [0.4, 0.5) is 0 Å². The summed E-state index contributed by atoms with van der Waals surface area (Å²) in [4.78, 5) is 12.7. The molecule has 1 rings (SSSR count). The lowest BCUT2D eigenvalue weighted by atomic mass is 10.1. The second kappa shape index (κ2) is 8.99. The number of benzene rings is 1. The molecule has 0 saturated carbocycles. The van der Waals surface area contributed by atoms with Crippen molar-refractivity contribution >= 4 is 17.7 Å². The molecule has 0 aliphatic heterocycles. The minimum atomic E-state index is 0.108. The van der Waals surface area contributed by atoms with E-state index in [2.05, 4.69) is 55.7 Å². The SMILES string of the molecule is CCCNC(=O)CSc1cccc(C(C)NCC)c1. The van der Waals surface area contributed by atoms with Gasteiger partial charge in [-0.2, -0.15) is 0 Å². The third kappa shape index (κ3) is 6.12. The zero-order valence-electron chi connectivity index (χ0n) is 12.0. The minimum absolute atomic E-state index is 0.108. The molecule has 19 heavy (non-hydrogen) atoms. The Labute approximate surface area is 120 Å². The van der Waals surface area contributed by atoms with Crippen molar-refractivity contribution in [1.29, 1.82) is 0 Å². The summed E-state index contributed by atoms with van der Waals surface area (Å²) in [6.45, 7) is 8.03. The number of carbonyl (C=O) groups excluding carboxylic acids is 1. The Kier molecular flexibility index (Phi) is 7.60. The Bertz CT molecular complexity index is 395. The van der Waals surface area contributed by atoms with Gasteiger partial charge in [-0.05, 0) is 37.6 Å². The van der Waals surface area contributed by atoms with Gasteiger partial charge >= 0.3 is 0 Å². The first-order valence-corrected chi connectivity index (χ1v) is 7.88. The normalized spacial score (nSPS) is 12.2. The van der Waals surface area contributed by atoms with E-state index in [0.717, 1.165) is 24.4 Å². The van der Waals surface area contributed by atoms with Crippen molar-refractivity contribution < 1.29 is 4.79 Å². The molecule has 0 fully saturated rings. The summed E-state index contributed by atoms with van der Waals surface area (Å²) in [6, 6.07) is 8.73. The Morgan fingerprint density at radius 3 is 2.84 bits per heavy atom. The van der Waals surface area contributed by atoms with Crippen LogP contribution >= 0.6 is 11.8 Å². The molecule has 0 bridgehead atoms. The van der Waals surface area contributed by atoms with Crippen molar-refractivity contribution in [1.82, 2.24) is 10.6 Å². The topological polar surface area (TPSA) is 41.1 Å². The van der Waals surface area contributed by atoms with Crippen LogP contribution in [0.3, 0.4) is 0 Å². The summed E-state index contributed by atoms with van der Waals surface area (Å²) in [6.07, 6.45) is 0.978. The molecule has 0 heterocycles. The van der Waals surface area contributed by atoms with Gasteiger partial charge in [-0.25, -0.2) is 0 Å². The first-order valence-electron chi connectivity index (χ1n) is 6.90. The fourth-order valence-electron chi connectivity index (χ4n) is 1.76. The molecule has 0 aliphatic carbocycles. The molecular weight excluding hydrogens is 256 g/mol. The molecule has 106 valence electrons. The summed E-state index contributed by atoms with van der Waals surface area (Å²) in [5.74, 6) is 0.593. The second-order valence-corrected chi connectivity index (χ2v) is 5.54. The fraction of sp³-hybridized carbons (Fsp3) is 0.533. The second-order valence-electron chi connectivity index (χ2n) is 4.49. The molecule has 0 aromatic heterocycles. The lowest BCUT2D eigenvalue weighted by Gasteiger charge is -2.13. The summed E-state index contributed by atoms with van der Waals surface area (Å²) < 4.78 is 0. The Morgan fingerprint density at radius 2 is 2.16 bits per heavy atom. The van der Waals surface area contributed by atoms with E-state index in [1.807, 2.05) is 0 Å². The average molecular weight is 280 g/mol. The molecule has 1 unspecified atom stereocenters. The van der Waals surface area contributed by atoms with Crippen LogP contribution in [0, 0.1) is 0 Å². The van der Waals surface area contributed by atoms with Crippen LogP contribution < -0.4 is 10.6 Å². The van der Waals surface area contributed by atoms with E-state index in [1.54, 1.807) is 11.8 Å². The van der Waals surface area contributed by atoms with Crippen LogP contribution in [0.1, 0.15) is 38.8 Å². The van der Waals surface area contributed by atoms with Crippen molar-refractivity contribution in [3.05, 3.63) is 29.8 Å². The highest BCUT2D eigenvalue weighted by Crippen LogP contribution is 2.22. The number of thioether (sulfide) groups is 1. The molecule has 2 N–H and O–H groups in total. The molecule has 0 radical (unpaired) electrons. The van der Waals surface area contributed by atoms with Gasteiger partial charge in [0, 0.05) is 17.5 Å². The van der Waals surface area contributed by atoms with Gasteiger partial charge in [0.1, 0.15) is 0 Å². The molecule has 0 aliphatic rings. The van der Waals surface area contributed by atoms with E-state index in [-0.39, 0.29) is 5.91 Å². The van der Waals surface area contributed by atoms with Gasteiger partial charge in [0.05, 0.1) is 5.75 Å². The summed E-state index contributed by atoms with van der Waals surface area (Å²) in [5, 5.41) is 6.28. The quantitative estimate of drug-likeness (QED) is 0.719. The zero-order chi connectivity index (χ0) is 14.1. The van der Waals surface area contributed by atoms with Crippen molar-refractivity contribution in [3.8, 4) is 0 Å². The average Bonchev–Trinajstić information content (AvgIpc) is 2.43. The maximum atomic E-state index is 11.6. The van der Waals surface area contributed by atoms with E-state index in [1.165, 1.54) is 5.56 Å². The van der Waals surface area contributed by atoms with Crippen LogP contribution in [-0.4, -0.2) is 24.7 Å². The van der Waals surface area contributed by atoms with Crippen LogP contribution in [0.2, 0.25) is 0 Å². The highest BCUT2D eigenvalue weighted by atomic mass is 32.2. The molecule has 1 atom stereocenters. The first-order chi connectivity index (χ1) is 9.17. The van der Waals surface area contributed by atoms with Gasteiger partial charge < -0.3 is 10.6 Å². The van der Waals surface area contributed by atoms with E-state index in [4.69, 9.17) is 0 Å². The number of amides is 1. The highest BCUT2D eigenvalue weighted by molar-refractivity contribution is 8.00. The third-order valence-corrected chi connectivity index (χ3v) is 3.80. The minimum Gasteiger partial charge on any atom is -0.355 e. The van der Waals surface area contributed by atoms with Crippen LogP contribution in [0.5, 0.6) is 0 Å². The number of rotatable bonds is 8. The van der Waals surface area contributed by atoms with Crippen molar-refractivity contribution in [2.24, 2.45) is 0 Å². The van der Waals surface area contributed by atoms with E-state index in [0.29, 0.717) is 11.8 Å². The summed E-state index contributed by atoms with van der Waals surface area (Å²) >= 11 is 1.59. The number of hydrogen-bond donors (Lipinski definition) is 2. The number of hydrogen-bond acceptors (Lipinski definition) is 3. The molecule has 0 spiro atoms. The van der Waals surface area contributed by atoms with Crippen molar-refractivity contribution in [2.45, 2.75) is 38.1 Å². The number of nitrogens with one attached hydrogen (secondary N) is 2. The Hall–Kier alpha value is -1.00. The maximum Gasteiger partial charge on any atom is 0.230 e. The van der Waals surface area contributed by atoms with Gasteiger partial charge in [-0.1, -0.05) is 26.0 Å². The number of carbonyl (C=O) groups is 1. The Balaban J connectivity index is 2.50. The van der Waals surface area contributed by atoms with Crippen LogP contribution in [0.15, 0.2) is 29.2 Å². The predicted octanol–water partition coefficient (Wildman–Crippen LogP) is 2.98. The van der Waals surface area contributed by atoms with Gasteiger partial charge in [0.15, 0.2) is 0 Å². The highest BCUT2D eigenvalue weighted by Gasteiger charge is 2.06. The monoisotopic (exact) mass is 280 g/mol. The smallest absolute Gasteiger partial charge is 0.230 e. The predicted molar refractivity (Wildman–Crippen MR) is 82.6 cm³/mol. The Morgan fingerprint density at radius 1 is 1.37 bits per heavy atom. The van der Waals surface area contributed by atoms with Crippen LogP contribution in [-0.2, 0) is 4.79 Å². The van der Waals surface area contributed by atoms with Gasteiger partial charge in [0.25, 0.3) is 0 Å². The van der Waals surface area contributed by atoms with Gasteiger partial charge in [0.2, 0.25) is 5.91 Å². The molecule has 3 nitrogen and oxygen atoms in total. The summed E-state index contributed by atoms with van der Waals surface area (Å²) in [5.41, 5.74) is 1.26. The molecule has 1 aromatic carbocycles. The zero-order valence-corrected chi connectivity index (χ0v) is 12.8. The van der Waals surface area contributed by atoms with E-state index in [9.17, 15) is 4.79 Å². The standard InChI is InChI=1S/C15H24N2OS/c1-4-9-17-15(18)11-19-14-8-6-7-13(10-14)12(3)16-5-2/h6-8,10,12,16H,4-5,9,11H2,1-3H3,(H,17,18). The first kappa shape index (κ1) is 16.1. The van der Waals surface area contributed by atoms with Crippen molar-refractivity contribution in [2.75, 3.05) is 18.8 Å². The lowest BCUT2D eigenvalue weighted by molar-refractivity contribution is -0.118. The molecule has 4 heteroatoms. The third-order valence-electron chi connectivity index (χ3n) is 2.81. The van der Waals surface area contributed by atoms with E-state index < -0.39 is 0 Å². The van der Waals surface area contributed by atoms with Gasteiger partial charge in [-0.15, -0.1) is 11.8 Å². The van der Waals surface area contributed by atoms with Crippen molar-refractivity contribution in [3.63, 3.8) is 0 Å². The largest absolute Gasteiger partial charge is 0.355 e. The lowest BCUT2D eigenvalue weighted by Crippen LogP contribution is -2.25. The molecule has 0 saturated heterocycles. The van der Waals surface area contributed by atoms with E-state index >= 15 is 0 Å². The molecule has 1 aromatic rings. The maximum absolute atomic E-state index is 11.6. The van der Waals surface area contributed by atoms with Crippen LogP contribution in [0.25, 0.3) is 0 Å².